The molecule has 0 aromatic heterocycles. The molecule has 1 N–H and O–H groups in total. The maximum Gasteiger partial charge on any atom is 0.137 e. The van der Waals surface area contributed by atoms with Gasteiger partial charge in [-0.3, -0.25) is 0 Å². The largest absolute Gasteiger partial charge is 0.310 e. The molecule has 0 radical (unpaired) electrons. The molecule has 0 fully saturated rings. The molecule has 1 aliphatic heterocycles. The average molecular weight is 225 g/mol. The van der Waals surface area contributed by atoms with Gasteiger partial charge in [-0.2, -0.15) is 0 Å². The third kappa shape index (κ3) is 2.04. The molecule has 0 spiro atoms. The summed E-state index contributed by atoms with van der Waals surface area (Å²) in [6.07, 6.45) is 0. The first-order valence-corrected chi connectivity index (χ1v) is 6.37. The van der Waals surface area contributed by atoms with Gasteiger partial charge in [0.1, 0.15) is 5.82 Å². The van der Waals surface area contributed by atoms with Gasteiger partial charge in [-0.25, -0.2) is 4.39 Å². The maximum atomic E-state index is 13.6. The highest BCUT2D eigenvalue weighted by Crippen LogP contribution is 2.40. The SMILES string of the molecule is CCNC1c2cccc(F)c2SCC1C. The summed E-state index contributed by atoms with van der Waals surface area (Å²) < 4.78 is 13.6. The van der Waals surface area contributed by atoms with Crippen LogP contribution < -0.4 is 5.32 Å². The van der Waals surface area contributed by atoms with Crippen LogP contribution >= 0.6 is 11.8 Å². The molecule has 0 amide bonds. The topological polar surface area (TPSA) is 12.0 Å². The van der Waals surface area contributed by atoms with E-state index in [0.29, 0.717) is 12.0 Å². The molecule has 1 aromatic carbocycles. The Balaban J connectivity index is 2.39. The zero-order valence-electron chi connectivity index (χ0n) is 9.09. The van der Waals surface area contributed by atoms with E-state index in [9.17, 15) is 4.39 Å². The van der Waals surface area contributed by atoms with Gasteiger partial charge in [0.2, 0.25) is 0 Å². The predicted octanol–water partition coefficient (Wildman–Crippen LogP) is 3.22. The van der Waals surface area contributed by atoms with Gasteiger partial charge >= 0.3 is 0 Å². The first-order chi connectivity index (χ1) is 7.24. The molecule has 1 aromatic rings. The fraction of sp³-hybridized carbons (Fsp3) is 0.500. The first kappa shape index (κ1) is 11.0. The van der Waals surface area contributed by atoms with Crippen LogP contribution in [0, 0.1) is 11.7 Å². The molecule has 1 nitrogen and oxygen atoms in total. The van der Waals surface area contributed by atoms with E-state index in [0.717, 1.165) is 22.8 Å². The van der Waals surface area contributed by atoms with Crippen LogP contribution in [-0.4, -0.2) is 12.3 Å². The molecular formula is C12H16FNS. The van der Waals surface area contributed by atoms with Gasteiger partial charge in [0.15, 0.2) is 0 Å². The predicted molar refractivity (Wildman–Crippen MR) is 62.7 cm³/mol. The van der Waals surface area contributed by atoms with Crippen LogP contribution in [0.5, 0.6) is 0 Å². The second-order valence-electron chi connectivity index (χ2n) is 3.98. The summed E-state index contributed by atoms with van der Waals surface area (Å²) in [7, 11) is 0. The third-order valence-corrected chi connectivity index (χ3v) is 4.23. The van der Waals surface area contributed by atoms with Crippen LogP contribution in [0.4, 0.5) is 4.39 Å². The number of nitrogens with one attached hydrogen (secondary N) is 1. The van der Waals surface area contributed by atoms with Crippen LogP contribution in [0.15, 0.2) is 23.1 Å². The van der Waals surface area contributed by atoms with Crippen molar-refractivity contribution in [3.05, 3.63) is 29.6 Å². The number of halogens is 1. The fourth-order valence-corrected chi connectivity index (χ4v) is 3.26. The van der Waals surface area contributed by atoms with E-state index in [1.165, 1.54) is 0 Å². The summed E-state index contributed by atoms with van der Waals surface area (Å²) in [5.74, 6) is 1.47. The van der Waals surface area contributed by atoms with E-state index < -0.39 is 0 Å². The standard InChI is InChI=1S/C12H16FNS/c1-3-14-11-8(2)7-15-12-9(11)5-4-6-10(12)13/h4-6,8,11,14H,3,7H2,1-2H3. The Morgan fingerprint density at radius 1 is 1.53 bits per heavy atom. The Bertz CT molecular complexity index is 353. The minimum Gasteiger partial charge on any atom is -0.310 e. The molecular weight excluding hydrogens is 209 g/mol. The lowest BCUT2D eigenvalue weighted by atomic mass is 9.95. The van der Waals surface area contributed by atoms with Gasteiger partial charge in [-0.15, -0.1) is 11.8 Å². The van der Waals surface area contributed by atoms with Crippen molar-refractivity contribution in [2.75, 3.05) is 12.3 Å². The lowest BCUT2D eigenvalue weighted by molar-refractivity contribution is 0.410. The highest BCUT2D eigenvalue weighted by atomic mass is 32.2. The molecule has 0 saturated carbocycles. The molecule has 1 aliphatic rings. The monoisotopic (exact) mass is 225 g/mol. The van der Waals surface area contributed by atoms with Crippen molar-refractivity contribution in [1.29, 1.82) is 0 Å². The quantitative estimate of drug-likeness (QED) is 0.829. The van der Waals surface area contributed by atoms with Gasteiger partial charge < -0.3 is 5.32 Å². The summed E-state index contributed by atoms with van der Waals surface area (Å²) in [4.78, 5) is 0.835. The Labute approximate surface area is 94.5 Å². The van der Waals surface area contributed by atoms with Crippen LogP contribution in [-0.2, 0) is 0 Å². The number of thioether (sulfide) groups is 1. The maximum absolute atomic E-state index is 13.6. The van der Waals surface area contributed by atoms with Crippen LogP contribution in [0.3, 0.4) is 0 Å². The highest BCUT2D eigenvalue weighted by Gasteiger charge is 2.27. The molecule has 2 unspecified atom stereocenters. The van der Waals surface area contributed by atoms with Crippen LogP contribution in [0.1, 0.15) is 25.5 Å². The van der Waals surface area contributed by atoms with Crippen molar-refractivity contribution < 1.29 is 4.39 Å². The third-order valence-electron chi connectivity index (χ3n) is 2.82. The number of fused-ring (bicyclic) bond motifs is 1. The van der Waals surface area contributed by atoms with Gasteiger partial charge in [-0.1, -0.05) is 26.0 Å². The first-order valence-electron chi connectivity index (χ1n) is 5.38. The Morgan fingerprint density at radius 3 is 3.07 bits per heavy atom. The molecule has 0 saturated heterocycles. The van der Waals surface area contributed by atoms with E-state index in [1.54, 1.807) is 23.9 Å². The zero-order chi connectivity index (χ0) is 10.8. The molecule has 1 heterocycles. The van der Waals surface area contributed by atoms with Gasteiger partial charge in [0, 0.05) is 16.7 Å². The highest BCUT2D eigenvalue weighted by molar-refractivity contribution is 7.99. The zero-order valence-corrected chi connectivity index (χ0v) is 9.90. The van der Waals surface area contributed by atoms with Crippen molar-refractivity contribution >= 4 is 11.8 Å². The Morgan fingerprint density at radius 2 is 2.33 bits per heavy atom. The molecule has 2 atom stereocenters. The molecule has 0 aliphatic carbocycles. The molecule has 0 bridgehead atoms. The molecule has 2 rings (SSSR count). The van der Waals surface area contributed by atoms with E-state index in [2.05, 4.69) is 19.2 Å². The van der Waals surface area contributed by atoms with Crippen molar-refractivity contribution in [2.24, 2.45) is 5.92 Å². The lowest BCUT2D eigenvalue weighted by Gasteiger charge is -2.31. The second-order valence-corrected chi connectivity index (χ2v) is 5.01. The van der Waals surface area contributed by atoms with Crippen molar-refractivity contribution in [2.45, 2.75) is 24.8 Å². The normalized spacial score (nSPS) is 25.0. The number of hydrogen-bond donors (Lipinski definition) is 1. The summed E-state index contributed by atoms with van der Waals surface area (Å²) in [6.45, 7) is 5.23. The summed E-state index contributed by atoms with van der Waals surface area (Å²) >= 11 is 1.64. The number of rotatable bonds is 2. The van der Waals surface area contributed by atoms with Crippen molar-refractivity contribution in [3.8, 4) is 0 Å². The van der Waals surface area contributed by atoms with Crippen LogP contribution in [0.25, 0.3) is 0 Å². The molecule has 15 heavy (non-hydrogen) atoms. The average Bonchev–Trinajstić information content (AvgIpc) is 2.23. The Kier molecular flexibility index (Phi) is 3.32. The van der Waals surface area contributed by atoms with Crippen molar-refractivity contribution in [1.82, 2.24) is 5.32 Å². The number of hydrogen-bond acceptors (Lipinski definition) is 2. The van der Waals surface area contributed by atoms with E-state index >= 15 is 0 Å². The summed E-state index contributed by atoms with van der Waals surface area (Å²) in [5.41, 5.74) is 1.13. The minimum atomic E-state index is -0.0766. The number of benzene rings is 1. The van der Waals surface area contributed by atoms with Gasteiger partial charge in [0.05, 0.1) is 0 Å². The molecule has 3 heteroatoms. The smallest absolute Gasteiger partial charge is 0.137 e. The lowest BCUT2D eigenvalue weighted by Crippen LogP contribution is -2.31. The van der Waals surface area contributed by atoms with Gasteiger partial charge in [-0.05, 0) is 24.1 Å². The van der Waals surface area contributed by atoms with E-state index in [-0.39, 0.29) is 5.82 Å². The fourth-order valence-electron chi connectivity index (χ4n) is 2.07. The minimum absolute atomic E-state index is 0.0766. The van der Waals surface area contributed by atoms with E-state index in [1.807, 2.05) is 6.07 Å². The van der Waals surface area contributed by atoms with Gasteiger partial charge in [0.25, 0.3) is 0 Å². The Hall–Kier alpha value is -0.540. The van der Waals surface area contributed by atoms with E-state index in [4.69, 9.17) is 0 Å². The summed E-state index contributed by atoms with van der Waals surface area (Å²) in [6, 6.07) is 5.69. The van der Waals surface area contributed by atoms with Crippen LogP contribution in [0.2, 0.25) is 0 Å². The molecule has 82 valence electrons. The van der Waals surface area contributed by atoms with Crippen molar-refractivity contribution in [3.63, 3.8) is 0 Å². The second kappa shape index (κ2) is 4.54. The summed E-state index contributed by atoms with van der Waals surface area (Å²) in [5, 5.41) is 3.44.